The molecule has 1 aliphatic rings. The van der Waals surface area contributed by atoms with E-state index in [0.29, 0.717) is 21.6 Å². The number of fused-ring (bicyclic) bond motifs is 1. The fourth-order valence-corrected chi connectivity index (χ4v) is 4.69. The zero-order valence-electron chi connectivity index (χ0n) is 14.0. The Bertz CT molecular complexity index is 832. The molecule has 1 N–H and O–H groups in total. The molecule has 3 nitrogen and oxygen atoms in total. The standard InChI is InChI=1S/C20H19FO3S/c1-13-18(19(25(2)24)14-8-4-3-5-9-14)15-10-6-7-11-16(15)20(13,21)12-17(22)23/h3-11,13H,12H2,1-2H3,(H,22,23). The lowest BCUT2D eigenvalue weighted by Gasteiger charge is -2.25. The van der Waals surface area contributed by atoms with Gasteiger partial charge in [0, 0.05) is 17.1 Å². The number of carboxylic acid groups (broad SMARTS) is 1. The van der Waals surface area contributed by atoms with Gasteiger partial charge in [-0.2, -0.15) is 0 Å². The van der Waals surface area contributed by atoms with Crippen molar-refractivity contribution in [2.24, 2.45) is 5.92 Å². The highest BCUT2D eigenvalue weighted by atomic mass is 32.2. The van der Waals surface area contributed by atoms with E-state index in [1.165, 1.54) is 0 Å². The molecule has 5 heteroatoms. The van der Waals surface area contributed by atoms with E-state index in [2.05, 4.69) is 0 Å². The number of hydrogen-bond donors (Lipinski definition) is 1. The van der Waals surface area contributed by atoms with E-state index in [0.717, 1.165) is 5.56 Å². The number of carboxylic acids is 1. The molecule has 25 heavy (non-hydrogen) atoms. The number of hydrogen-bond acceptors (Lipinski definition) is 2. The molecule has 0 fully saturated rings. The van der Waals surface area contributed by atoms with Crippen LogP contribution in [0.1, 0.15) is 30.0 Å². The van der Waals surface area contributed by atoms with Gasteiger partial charge in [0.05, 0.1) is 6.42 Å². The van der Waals surface area contributed by atoms with Crippen molar-refractivity contribution in [1.29, 1.82) is 0 Å². The summed E-state index contributed by atoms with van der Waals surface area (Å²) >= 11 is -1.35. The maximum Gasteiger partial charge on any atom is 0.306 e. The van der Waals surface area contributed by atoms with Crippen LogP contribution >= 0.6 is 0 Å². The Balaban J connectivity index is 2.30. The Hall–Kier alpha value is -2.11. The Labute approximate surface area is 149 Å². The van der Waals surface area contributed by atoms with Crippen LogP contribution in [-0.4, -0.2) is 21.9 Å². The number of allylic oxidation sites excluding steroid dienone is 1. The molecule has 3 atom stereocenters. The Morgan fingerprint density at radius 3 is 2.40 bits per heavy atom. The van der Waals surface area contributed by atoms with Crippen molar-refractivity contribution in [3.8, 4) is 0 Å². The zero-order chi connectivity index (χ0) is 18.2. The Morgan fingerprint density at radius 2 is 1.80 bits per heavy atom. The van der Waals surface area contributed by atoms with E-state index in [1.807, 2.05) is 30.3 Å². The molecule has 0 aliphatic heterocycles. The van der Waals surface area contributed by atoms with E-state index in [1.54, 1.807) is 37.4 Å². The van der Waals surface area contributed by atoms with Gasteiger partial charge in [-0.3, -0.25) is 4.79 Å². The molecule has 0 amide bonds. The van der Waals surface area contributed by atoms with Gasteiger partial charge in [-0.1, -0.05) is 49.4 Å². The Morgan fingerprint density at radius 1 is 1.20 bits per heavy atom. The maximum absolute atomic E-state index is 15.8. The SMILES string of the molecule is CC1C(=C(c2ccccc2)[S+](C)[O-])c2ccccc2C1(F)CC(=O)O. The third kappa shape index (κ3) is 2.98. The van der Waals surface area contributed by atoms with Crippen molar-refractivity contribution in [3.05, 3.63) is 71.3 Å². The van der Waals surface area contributed by atoms with Crippen LogP contribution in [0, 0.1) is 5.92 Å². The monoisotopic (exact) mass is 358 g/mol. The molecule has 0 spiro atoms. The number of alkyl halides is 1. The van der Waals surface area contributed by atoms with Crippen molar-refractivity contribution in [2.45, 2.75) is 19.0 Å². The molecular weight excluding hydrogens is 339 g/mol. The first-order chi connectivity index (χ1) is 11.9. The van der Waals surface area contributed by atoms with Crippen molar-refractivity contribution in [2.75, 3.05) is 6.26 Å². The minimum absolute atomic E-state index is 0.360. The molecular formula is C20H19FO3S. The Kier molecular flexibility index (Phi) is 4.71. The van der Waals surface area contributed by atoms with Gasteiger partial charge in [0.1, 0.15) is 6.26 Å². The first-order valence-corrected chi connectivity index (χ1v) is 9.55. The highest BCUT2D eigenvalue weighted by molar-refractivity contribution is 8.00. The summed E-state index contributed by atoms with van der Waals surface area (Å²) in [5.74, 6) is -1.90. The van der Waals surface area contributed by atoms with Crippen LogP contribution in [0.25, 0.3) is 10.5 Å². The summed E-state index contributed by atoms with van der Waals surface area (Å²) in [6, 6.07) is 16.1. The highest BCUT2D eigenvalue weighted by Crippen LogP contribution is 2.55. The van der Waals surface area contributed by atoms with Crippen LogP contribution in [0.3, 0.4) is 0 Å². The fourth-order valence-electron chi connectivity index (χ4n) is 3.63. The van der Waals surface area contributed by atoms with Crippen LogP contribution in [0.5, 0.6) is 0 Å². The molecule has 130 valence electrons. The van der Waals surface area contributed by atoms with E-state index in [9.17, 15) is 14.5 Å². The van der Waals surface area contributed by atoms with Gasteiger partial charge in [-0.05, 0) is 34.4 Å². The largest absolute Gasteiger partial charge is 0.612 e. The molecule has 3 unspecified atom stereocenters. The molecule has 1 aliphatic carbocycles. The van der Waals surface area contributed by atoms with Crippen LogP contribution in [0.2, 0.25) is 0 Å². The summed E-state index contributed by atoms with van der Waals surface area (Å²) < 4.78 is 28.4. The van der Waals surface area contributed by atoms with Crippen molar-refractivity contribution < 1.29 is 18.8 Å². The van der Waals surface area contributed by atoms with Gasteiger partial charge in [0.25, 0.3) is 0 Å². The highest BCUT2D eigenvalue weighted by Gasteiger charge is 2.51. The molecule has 0 aromatic heterocycles. The molecule has 2 aromatic rings. The molecule has 0 radical (unpaired) electrons. The summed E-state index contributed by atoms with van der Waals surface area (Å²) in [6.45, 7) is 1.67. The first kappa shape index (κ1) is 17.7. The third-order valence-electron chi connectivity index (χ3n) is 4.76. The van der Waals surface area contributed by atoms with Crippen molar-refractivity contribution >= 4 is 27.6 Å². The van der Waals surface area contributed by atoms with Gasteiger partial charge < -0.3 is 9.66 Å². The molecule has 0 saturated heterocycles. The van der Waals surface area contributed by atoms with Crippen LogP contribution in [0.15, 0.2) is 54.6 Å². The molecule has 0 saturated carbocycles. The number of halogens is 1. The third-order valence-corrected chi connectivity index (χ3v) is 5.79. The van der Waals surface area contributed by atoms with E-state index in [-0.39, 0.29) is 0 Å². The first-order valence-electron chi connectivity index (χ1n) is 8.00. The van der Waals surface area contributed by atoms with Gasteiger partial charge in [-0.15, -0.1) is 0 Å². The molecule has 0 bridgehead atoms. The average molecular weight is 358 g/mol. The van der Waals surface area contributed by atoms with Gasteiger partial charge in [0.15, 0.2) is 10.6 Å². The second-order valence-electron chi connectivity index (χ2n) is 6.26. The molecule has 2 aromatic carbocycles. The minimum Gasteiger partial charge on any atom is -0.612 e. The van der Waals surface area contributed by atoms with E-state index < -0.39 is 35.2 Å². The maximum atomic E-state index is 15.8. The normalized spacial score (nSPS) is 25.4. The summed E-state index contributed by atoms with van der Waals surface area (Å²) in [4.78, 5) is 11.8. The number of benzene rings is 2. The van der Waals surface area contributed by atoms with Gasteiger partial charge in [-0.25, -0.2) is 4.39 Å². The lowest BCUT2D eigenvalue weighted by atomic mass is 9.85. The predicted octanol–water partition coefficient (Wildman–Crippen LogP) is 4.22. The quantitative estimate of drug-likeness (QED) is 0.833. The number of rotatable bonds is 4. The minimum atomic E-state index is -2.02. The van der Waals surface area contributed by atoms with Crippen LogP contribution < -0.4 is 0 Å². The van der Waals surface area contributed by atoms with Crippen molar-refractivity contribution in [3.63, 3.8) is 0 Å². The fraction of sp³-hybridized carbons (Fsp3) is 0.250. The topological polar surface area (TPSA) is 60.4 Å². The van der Waals surface area contributed by atoms with Gasteiger partial charge >= 0.3 is 5.97 Å². The zero-order valence-corrected chi connectivity index (χ0v) is 14.8. The second kappa shape index (κ2) is 6.65. The summed E-state index contributed by atoms with van der Waals surface area (Å²) in [7, 11) is 0. The summed E-state index contributed by atoms with van der Waals surface area (Å²) in [5.41, 5.74) is 0.384. The lowest BCUT2D eigenvalue weighted by Crippen LogP contribution is -2.28. The number of aliphatic carboxylic acids is 1. The van der Waals surface area contributed by atoms with Crippen LogP contribution in [-0.2, 0) is 21.6 Å². The van der Waals surface area contributed by atoms with Gasteiger partial charge in [0.2, 0.25) is 0 Å². The van der Waals surface area contributed by atoms with Crippen LogP contribution in [0.4, 0.5) is 4.39 Å². The summed E-state index contributed by atoms with van der Waals surface area (Å²) in [6.07, 6.45) is 0.952. The number of carbonyl (C=O) groups is 1. The predicted molar refractivity (Wildman–Crippen MR) is 98.0 cm³/mol. The lowest BCUT2D eigenvalue weighted by molar-refractivity contribution is -0.141. The smallest absolute Gasteiger partial charge is 0.306 e. The van der Waals surface area contributed by atoms with E-state index in [4.69, 9.17) is 0 Å². The summed E-state index contributed by atoms with van der Waals surface area (Å²) in [5, 5.41) is 9.22. The van der Waals surface area contributed by atoms with Crippen molar-refractivity contribution in [1.82, 2.24) is 0 Å². The van der Waals surface area contributed by atoms with E-state index >= 15 is 4.39 Å². The second-order valence-corrected chi connectivity index (χ2v) is 7.58. The molecule has 0 heterocycles. The average Bonchev–Trinajstić information content (AvgIpc) is 2.78. The molecule has 3 rings (SSSR count).